The second kappa shape index (κ2) is 11.6. The van der Waals surface area contributed by atoms with Gasteiger partial charge in [-0.25, -0.2) is 4.98 Å². The maximum atomic E-state index is 12.9. The molecule has 1 aliphatic heterocycles. The lowest BCUT2D eigenvalue weighted by molar-refractivity contribution is -0.124. The number of nitriles is 1. The number of carbonyl (C=O) groups is 1. The monoisotopic (exact) mass is 518 g/mol. The number of carbonyl (C=O) groups excluding carboxylic acids is 1. The predicted molar refractivity (Wildman–Crippen MR) is 145 cm³/mol. The standard InChI is InChI=1S/C28H31ClN6O2/c1-4-37-27-23(6-5-13-31-27)24-9-7-21(18-32-24)28(33-26(36)19-34(2)3)11-14-35(15-12-28)25-10-8-22(29)16-20(25)17-30/h5-10,13,16,18H,4,11-12,14-15,19H2,1-3H3,(H,33,36). The molecule has 1 N–H and O–H groups in total. The van der Waals surface area contributed by atoms with Gasteiger partial charge in [-0.1, -0.05) is 17.7 Å². The molecule has 4 rings (SSSR count). The van der Waals surface area contributed by atoms with Gasteiger partial charge in [0.15, 0.2) is 0 Å². The number of halogens is 1. The Kier molecular flexibility index (Phi) is 8.27. The molecule has 1 aliphatic rings. The first kappa shape index (κ1) is 26.4. The highest BCUT2D eigenvalue weighted by atomic mass is 35.5. The Labute approximate surface area is 222 Å². The predicted octanol–water partition coefficient (Wildman–Crippen LogP) is 4.24. The van der Waals surface area contributed by atoms with Crippen molar-refractivity contribution in [1.82, 2.24) is 20.2 Å². The van der Waals surface area contributed by atoms with Crippen molar-refractivity contribution in [3.63, 3.8) is 0 Å². The summed E-state index contributed by atoms with van der Waals surface area (Å²) in [5, 5.41) is 13.5. The van der Waals surface area contributed by atoms with E-state index in [2.05, 4.69) is 21.3 Å². The van der Waals surface area contributed by atoms with Crippen LogP contribution >= 0.6 is 11.6 Å². The summed E-state index contributed by atoms with van der Waals surface area (Å²) < 4.78 is 5.68. The minimum atomic E-state index is -0.577. The number of rotatable bonds is 8. The molecular formula is C28H31ClN6O2. The van der Waals surface area contributed by atoms with E-state index in [1.54, 1.807) is 18.3 Å². The van der Waals surface area contributed by atoms with Crippen LogP contribution < -0.4 is 15.0 Å². The molecule has 1 amide bonds. The lowest BCUT2D eigenvalue weighted by Crippen LogP contribution is -2.54. The quantitative estimate of drug-likeness (QED) is 0.476. The maximum absolute atomic E-state index is 12.9. The van der Waals surface area contributed by atoms with E-state index < -0.39 is 5.54 Å². The van der Waals surface area contributed by atoms with Crippen LogP contribution in [-0.2, 0) is 10.3 Å². The van der Waals surface area contributed by atoms with Gasteiger partial charge >= 0.3 is 0 Å². The third-order valence-electron chi connectivity index (χ3n) is 6.52. The Balaban J connectivity index is 1.62. The number of ether oxygens (including phenoxy) is 1. The zero-order valence-corrected chi connectivity index (χ0v) is 22.1. The highest BCUT2D eigenvalue weighted by Crippen LogP contribution is 2.37. The van der Waals surface area contributed by atoms with E-state index >= 15 is 0 Å². The molecule has 0 atom stereocenters. The second-order valence-electron chi connectivity index (χ2n) is 9.35. The number of hydrogen-bond acceptors (Lipinski definition) is 7. The number of amides is 1. The molecule has 0 aliphatic carbocycles. The highest BCUT2D eigenvalue weighted by molar-refractivity contribution is 6.30. The van der Waals surface area contributed by atoms with Crippen LogP contribution in [0.15, 0.2) is 54.9 Å². The van der Waals surface area contributed by atoms with Gasteiger partial charge in [0.05, 0.1) is 41.2 Å². The van der Waals surface area contributed by atoms with Gasteiger partial charge in [0, 0.05) is 30.5 Å². The van der Waals surface area contributed by atoms with Crippen LogP contribution in [0.1, 0.15) is 30.9 Å². The van der Waals surface area contributed by atoms with E-state index in [4.69, 9.17) is 21.3 Å². The van der Waals surface area contributed by atoms with Gasteiger partial charge in [-0.3, -0.25) is 9.78 Å². The molecule has 1 saturated heterocycles. The van der Waals surface area contributed by atoms with Crippen molar-refractivity contribution in [2.75, 3.05) is 45.2 Å². The number of nitrogens with one attached hydrogen (secondary N) is 1. The molecular weight excluding hydrogens is 488 g/mol. The van der Waals surface area contributed by atoms with E-state index in [1.807, 2.05) is 62.4 Å². The average molecular weight is 519 g/mol. The Hall–Kier alpha value is -3.67. The summed E-state index contributed by atoms with van der Waals surface area (Å²) in [6.07, 6.45) is 4.87. The molecule has 0 bridgehead atoms. The van der Waals surface area contributed by atoms with Gasteiger partial charge in [0.1, 0.15) is 6.07 Å². The zero-order valence-electron chi connectivity index (χ0n) is 21.4. The van der Waals surface area contributed by atoms with Crippen LogP contribution in [0.2, 0.25) is 5.02 Å². The van der Waals surface area contributed by atoms with E-state index in [0.717, 1.165) is 22.5 Å². The summed E-state index contributed by atoms with van der Waals surface area (Å²) in [5.41, 5.74) is 3.35. The van der Waals surface area contributed by atoms with Crippen molar-refractivity contribution in [1.29, 1.82) is 5.26 Å². The number of aromatic nitrogens is 2. The molecule has 192 valence electrons. The molecule has 3 heterocycles. The molecule has 3 aromatic rings. The van der Waals surface area contributed by atoms with Crippen molar-refractivity contribution in [3.05, 3.63) is 71.0 Å². The normalized spacial score (nSPS) is 14.8. The van der Waals surface area contributed by atoms with Gasteiger partial charge < -0.3 is 19.9 Å². The Morgan fingerprint density at radius 2 is 2.00 bits per heavy atom. The van der Waals surface area contributed by atoms with Crippen molar-refractivity contribution in [2.24, 2.45) is 0 Å². The number of hydrogen-bond donors (Lipinski definition) is 1. The average Bonchev–Trinajstić information content (AvgIpc) is 2.89. The van der Waals surface area contributed by atoms with Gasteiger partial charge in [0.25, 0.3) is 0 Å². The molecule has 2 aromatic heterocycles. The molecule has 8 nitrogen and oxygen atoms in total. The SMILES string of the molecule is CCOc1ncccc1-c1ccc(C2(NC(=O)CN(C)C)CCN(c3ccc(Cl)cc3C#N)CC2)cn1. The first-order valence-corrected chi connectivity index (χ1v) is 12.7. The second-order valence-corrected chi connectivity index (χ2v) is 9.79. The summed E-state index contributed by atoms with van der Waals surface area (Å²) >= 11 is 6.10. The van der Waals surface area contributed by atoms with Crippen LogP contribution in [0.4, 0.5) is 5.69 Å². The zero-order chi connectivity index (χ0) is 26.4. The van der Waals surface area contributed by atoms with Crippen molar-refractivity contribution in [2.45, 2.75) is 25.3 Å². The lowest BCUT2D eigenvalue weighted by atomic mass is 9.81. The van der Waals surface area contributed by atoms with Crippen LogP contribution in [0, 0.1) is 11.3 Å². The maximum Gasteiger partial charge on any atom is 0.234 e. The fraction of sp³-hybridized carbons (Fsp3) is 0.357. The molecule has 1 fully saturated rings. The third kappa shape index (κ3) is 6.01. The molecule has 0 unspecified atom stereocenters. The highest BCUT2D eigenvalue weighted by Gasteiger charge is 2.38. The molecule has 37 heavy (non-hydrogen) atoms. The van der Waals surface area contributed by atoms with Gasteiger partial charge in [0.2, 0.25) is 11.8 Å². The van der Waals surface area contributed by atoms with Crippen molar-refractivity contribution >= 4 is 23.2 Å². The fourth-order valence-electron chi connectivity index (χ4n) is 4.76. The number of likely N-dealkylation sites (N-methyl/N-ethyl adjacent to an activating group) is 1. The Morgan fingerprint density at radius 3 is 2.65 bits per heavy atom. The molecule has 0 radical (unpaired) electrons. The van der Waals surface area contributed by atoms with Crippen LogP contribution in [0.5, 0.6) is 5.88 Å². The molecule has 1 aromatic carbocycles. The minimum Gasteiger partial charge on any atom is -0.477 e. The van der Waals surface area contributed by atoms with E-state index in [9.17, 15) is 10.1 Å². The topological polar surface area (TPSA) is 94.4 Å². The van der Waals surface area contributed by atoms with Crippen molar-refractivity contribution < 1.29 is 9.53 Å². The van der Waals surface area contributed by atoms with E-state index in [1.165, 1.54) is 0 Å². The lowest BCUT2D eigenvalue weighted by Gasteiger charge is -2.43. The first-order chi connectivity index (χ1) is 17.8. The Bertz CT molecular complexity index is 1280. The first-order valence-electron chi connectivity index (χ1n) is 12.3. The third-order valence-corrected chi connectivity index (χ3v) is 6.75. The van der Waals surface area contributed by atoms with Gasteiger partial charge in [-0.15, -0.1) is 0 Å². The Morgan fingerprint density at radius 1 is 1.22 bits per heavy atom. The molecule has 9 heteroatoms. The van der Waals surface area contributed by atoms with Crippen LogP contribution in [-0.4, -0.2) is 61.1 Å². The fourth-order valence-corrected chi connectivity index (χ4v) is 4.93. The van der Waals surface area contributed by atoms with Crippen molar-refractivity contribution in [3.8, 4) is 23.2 Å². The number of piperidine rings is 1. The molecule has 0 saturated carbocycles. The largest absolute Gasteiger partial charge is 0.477 e. The number of pyridine rings is 2. The summed E-state index contributed by atoms with van der Waals surface area (Å²) in [4.78, 5) is 26.0. The van der Waals surface area contributed by atoms with Gasteiger partial charge in [-0.2, -0.15) is 5.26 Å². The molecule has 0 spiro atoms. The van der Waals surface area contributed by atoms with Crippen LogP contribution in [0.25, 0.3) is 11.3 Å². The number of anilines is 1. The summed E-state index contributed by atoms with van der Waals surface area (Å²) in [7, 11) is 3.75. The number of benzene rings is 1. The van der Waals surface area contributed by atoms with Crippen LogP contribution in [0.3, 0.4) is 0 Å². The summed E-state index contributed by atoms with van der Waals surface area (Å²) in [6, 6.07) is 15.4. The number of nitrogens with zero attached hydrogens (tertiary/aromatic N) is 5. The smallest absolute Gasteiger partial charge is 0.234 e. The summed E-state index contributed by atoms with van der Waals surface area (Å²) in [6.45, 7) is 4.06. The van der Waals surface area contributed by atoms with E-state index in [0.29, 0.717) is 55.5 Å². The summed E-state index contributed by atoms with van der Waals surface area (Å²) in [5.74, 6) is 0.501. The van der Waals surface area contributed by atoms with E-state index in [-0.39, 0.29) is 5.91 Å². The van der Waals surface area contributed by atoms with Gasteiger partial charge in [-0.05, 0) is 75.8 Å². The minimum absolute atomic E-state index is 0.0439.